The van der Waals surface area contributed by atoms with Crippen molar-refractivity contribution in [3.63, 3.8) is 0 Å². The first-order valence-electron chi connectivity index (χ1n) is 5.84. The molecule has 0 radical (unpaired) electrons. The first-order valence-corrected chi connectivity index (χ1v) is 8.52. The van der Waals surface area contributed by atoms with Gasteiger partial charge in [0, 0.05) is 27.3 Å². The van der Waals surface area contributed by atoms with Crippen molar-refractivity contribution >= 4 is 37.2 Å². The lowest BCUT2D eigenvalue weighted by Gasteiger charge is -2.15. The van der Waals surface area contributed by atoms with E-state index in [2.05, 4.69) is 5.32 Å². The Morgan fingerprint density at radius 2 is 1.84 bits per heavy atom. The summed E-state index contributed by atoms with van der Waals surface area (Å²) in [5, 5.41) is 2.95. The summed E-state index contributed by atoms with van der Waals surface area (Å²) >= 11 is 5.80. The van der Waals surface area contributed by atoms with Crippen LogP contribution in [0.5, 0.6) is 0 Å². The van der Waals surface area contributed by atoms with Gasteiger partial charge in [0.15, 0.2) is 0 Å². The maximum absolute atomic E-state index is 12.0. The van der Waals surface area contributed by atoms with E-state index in [1.165, 1.54) is 18.2 Å². The third-order valence-corrected chi connectivity index (χ3v) is 4.29. The Balaban J connectivity index is 3.08. The largest absolute Gasteiger partial charge is 0.349 e. The lowest BCUT2D eigenvalue weighted by molar-refractivity contribution is 0.0934. The molecule has 0 bridgehead atoms. The third kappa shape index (κ3) is 4.67. The van der Waals surface area contributed by atoms with Gasteiger partial charge in [0.05, 0.1) is 4.90 Å². The summed E-state index contributed by atoms with van der Waals surface area (Å²) in [7, 11) is 1.34. The molecule has 0 unspecified atom stereocenters. The van der Waals surface area contributed by atoms with Crippen LogP contribution in [0.25, 0.3) is 0 Å². The number of carbonyl (C=O) groups excluding carboxylic acids is 1. The molecule has 1 aromatic rings. The van der Waals surface area contributed by atoms with Crippen LogP contribution in [-0.2, 0) is 9.05 Å². The zero-order chi connectivity index (χ0) is 14.6. The highest BCUT2D eigenvalue weighted by Gasteiger charge is 2.16. The van der Waals surface area contributed by atoms with E-state index in [9.17, 15) is 13.2 Å². The molecule has 1 N–H and O–H groups in total. The molecule has 19 heavy (non-hydrogen) atoms. The molecule has 0 heterocycles. The van der Waals surface area contributed by atoms with Crippen LogP contribution in [0.2, 0.25) is 5.02 Å². The zero-order valence-electron chi connectivity index (χ0n) is 10.6. The Morgan fingerprint density at radius 3 is 2.32 bits per heavy atom. The van der Waals surface area contributed by atoms with Crippen LogP contribution in [0.1, 0.15) is 37.0 Å². The minimum Gasteiger partial charge on any atom is -0.349 e. The smallest absolute Gasteiger partial charge is 0.261 e. The molecule has 0 saturated heterocycles. The fourth-order valence-electron chi connectivity index (χ4n) is 1.60. The van der Waals surface area contributed by atoms with E-state index in [0.29, 0.717) is 0 Å². The van der Waals surface area contributed by atoms with Crippen molar-refractivity contribution in [2.75, 3.05) is 0 Å². The Hall–Kier alpha value is -0.780. The molecule has 0 aliphatic heterocycles. The zero-order valence-corrected chi connectivity index (χ0v) is 12.9. The van der Waals surface area contributed by atoms with E-state index < -0.39 is 9.05 Å². The van der Waals surface area contributed by atoms with Crippen molar-refractivity contribution < 1.29 is 13.2 Å². The van der Waals surface area contributed by atoms with E-state index in [-0.39, 0.29) is 27.4 Å². The Labute approximate surface area is 122 Å². The van der Waals surface area contributed by atoms with E-state index in [0.717, 1.165) is 12.8 Å². The van der Waals surface area contributed by atoms with Crippen LogP contribution in [0.3, 0.4) is 0 Å². The normalized spacial score (nSPS) is 11.6. The number of carbonyl (C=O) groups is 1. The lowest BCUT2D eigenvalue weighted by Crippen LogP contribution is -2.33. The van der Waals surface area contributed by atoms with Gasteiger partial charge in [0.1, 0.15) is 0 Å². The number of hydrogen-bond acceptors (Lipinski definition) is 3. The van der Waals surface area contributed by atoms with Gasteiger partial charge in [-0.25, -0.2) is 8.42 Å². The number of nitrogens with one attached hydrogen (secondary N) is 1. The fraction of sp³-hybridized carbons (Fsp3) is 0.417. The standard InChI is InChI=1S/C12H15Cl2NO3S/c1-3-10(4-2)15-12(16)8-5-9(13)7-11(6-8)19(14,17)18/h5-7,10H,3-4H2,1-2H3,(H,15,16). The SMILES string of the molecule is CCC(CC)NC(=O)c1cc(Cl)cc(S(=O)(=O)Cl)c1. The highest BCUT2D eigenvalue weighted by Crippen LogP contribution is 2.22. The molecule has 0 aliphatic rings. The quantitative estimate of drug-likeness (QED) is 0.846. The second kappa shape index (κ2) is 6.59. The van der Waals surface area contributed by atoms with Gasteiger partial charge in [-0.3, -0.25) is 4.79 Å². The molecular weight excluding hydrogens is 309 g/mol. The minimum absolute atomic E-state index is 0.0440. The van der Waals surface area contributed by atoms with Gasteiger partial charge in [-0.05, 0) is 31.0 Å². The summed E-state index contributed by atoms with van der Waals surface area (Å²) in [5.74, 6) is -0.363. The summed E-state index contributed by atoms with van der Waals surface area (Å²) in [4.78, 5) is 11.8. The van der Waals surface area contributed by atoms with Gasteiger partial charge in [0.2, 0.25) is 0 Å². The van der Waals surface area contributed by atoms with Gasteiger partial charge in [-0.2, -0.15) is 0 Å². The van der Waals surface area contributed by atoms with Crippen LogP contribution in [0.15, 0.2) is 23.1 Å². The summed E-state index contributed by atoms with van der Waals surface area (Å²) < 4.78 is 22.5. The lowest BCUT2D eigenvalue weighted by atomic mass is 10.1. The van der Waals surface area contributed by atoms with Crippen molar-refractivity contribution in [3.8, 4) is 0 Å². The second-order valence-corrected chi connectivity index (χ2v) is 7.10. The van der Waals surface area contributed by atoms with Gasteiger partial charge in [0.25, 0.3) is 15.0 Å². The fourth-order valence-corrected chi connectivity index (χ4v) is 2.70. The van der Waals surface area contributed by atoms with Crippen molar-refractivity contribution in [1.82, 2.24) is 5.32 Å². The summed E-state index contributed by atoms with van der Waals surface area (Å²) in [6, 6.07) is 3.87. The topological polar surface area (TPSA) is 63.2 Å². The number of halogens is 2. The van der Waals surface area contributed by atoms with Gasteiger partial charge >= 0.3 is 0 Å². The maximum atomic E-state index is 12.0. The van der Waals surface area contributed by atoms with Crippen LogP contribution in [0, 0.1) is 0 Å². The van der Waals surface area contributed by atoms with Crippen molar-refractivity contribution in [1.29, 1.82) is 0 Å². The number of rotatable bonds is 5. The van der Waals surface area contributed by atoms with E-state index in [1.807, 2.05) is 13.8 Å². The molecule has 7 heteroatoms. The van der Waals surface area contributed by atoms with Crippen molar-refractivity contribution in [2.24, 2.45) is 0 Å². The molecular formula is C12H15Cl2NO3S. The molecule has 0 fully saturated rings. The van der Waals surface area contributed by atoms with Crippen LogP contribution in [0.4, 0.5) is 0 Å². The second-order valence-electron chi connectivity index (χ2n) is 4.10. The number of amides is 1. The minimum atomic E-state index is -3.91. The summed E-state index contributed by atoms with van der Waals surface area (Å²) in [5.41, 5.74) is 0.179. The maximum Gasteiger partial charge on any atom is 0.261 e. The van der Waals surface area contributed by atoms with Crippen LogP contribution >= 0.6 is 22.3 Å². The van der Waals surface area contributed by atoms with E-state index in [1.54, 1.807) is 0 Å². The molecule has 1 rings (SSSR count). The predicted molar refractivity (Wildman–Crippen MR) is 76.3 cm³/mol. The Kier molecular flexibility index (Phi) is 5.64. The molecule has 106 valence electrons. The third-order valence-electron chi connectivity index (χ3n) is 2.74. The van der Waals surface area contributed by atoms with Gasteiger partial charge in [-0.1, -0.05) is 25.4 Å². The first-order chi connectivity index (χ1) is 8.77. The Bertz CT molecular complexity index is 568. The highest BCUT2D eigenvalue weighted by molar-refractivity contribution is 8.13. The number of benzene rings is 1. The van der Waals surface area contributed by atoms with E-state index >= 15 is 0 Å². The Morgan fingerprint density at radius 1 is 1.26 bits per heavy atom. The molecule has 4 nitrogen and oxygen atoms in total. The molecule has 0 aromatic heterocycles. The average molecular weight is 324 g/mol. The molecule has 0 spiro atoms. The highest BCUT2D eigenvalue weighted by atomic mass is 35.7. The molecule has 1 aromatic carbocycles. The van der Waals surface area contributed by atoms with Gasteiger partial charge < -0.3 is 5.32 Å². The van der Waals surface area contributed by atoms with Crippen molar-refractivity contribution in [2.45, 2.75) is 37.6 Å². The molecule has 0 aliphatic carbocycles. The molecule has 0 atom stereocenters. The summed E-state index contributed by atoms with van der Waals surface area (Å²) in [6.07, 6.45) is 1.59. The van der Waals surface area contributed by atoms with Crippen LogP contribution < -0.4 is 5.32 Å². The first kappa shape index (κ1) is 16.3. The van der Waals surface area contributed by atoms with E-state index in [4.69, 9.17) is 22.3 Å². The average Bonchev–Trinajstić information content (AvgIpc) is 2.33. The van der Waals surface area contributed by atoms with Crippen LogP contribution in [-0.4, -0.2) is 20.4 Å². The summed E-state index contributed by atoms with van der Waals surface area (Å²) in [6.45, 7) is 3.92. The molecule has 1 amide bonds. The van der Waals surface area contributed by atoms with Gasteiger partial charge in [-0.15, -0.1) is 0 Å². The van der Waals surface area contributed by atoms with Crippen molar-refractivity contribution in [3.05, 3.63) is 28.8 Å². The number of hydrogen-bond donors (Lipinski definition) is 1. The molecule has 0 saturated carbocycles. The monoisotopic (exact) mass is 323 g/mol. The predicted octanol–water partition coefficient (Wildman–Crippen LogP) is 3.19.